The zero-order chi connectivity index (χ0) is 19.2. The second-order valence-electron chi connectivity index (χ2n) is 6.47. The number of hydrogen-bond acceptors (Lipinski definition) is 6. The number of aliphatic hydroxyl groups excluding tert-OH is 1. The number of nitriles is 1. The second kappa shape index (κ2) is 6.12. The molecule has 2 heterocycles. The summed E-state index contributed by atoms with van der Waals surface area (Å²) in [5.41, 5.74) is -2.02. The summed E-state index contributed by atoms with van der Waals surface area (Å²) in [4.78, 5) is 23.0. The first-order chi connectivity index (χ1) is 12.2. The van der Waals surface area contributed by atoms with Gasteiger partial charge in [0.2, 0.25) is 0 Å². The lowest BCUT2D eigenvalue weighted by Gasteiger charge is -2.42. The highest BCUT2D eigenvalue weighted by Gasteiger charge is 2.44. The fraction of sp³-hybridized carbons (Fsp3) is 0.294. The fourth-order valence-corrected chi connectivity index (χ4v) is 3.24. The number of fused-ring (bicyclic) bond motifs is 1. The number of benzene rings is 1. The van der Waals surface area contributed by atoms with Crippen molar-refractivity contribution < 1.29 is 14.8 Å². The summed E-state index contributed by atoms with van der Waals surface area (Å²) in [5.74, 6) is 0.374. The minimum absolute atomic E-state index is 0.0224. The highest BCUT2D eigenvalue weighted by Crippen LogP contribution is 2.42. The Balaban J connectivity index is 2.33. The van der Waals surface area contributed by atoms with E-state index in [0.717, 1.165) is 10.6 Å². The van der Waals surface area contributed by atoms with Gasteiger partial charge in [0.1, 0.15) is 17.5 Å². The number of halogens is 1. The van der Waals surface area contributed by atoms with Crippen molar-refractivity contribution in [3.05, 3.63) is 67.1 Å². The van der Waals surface area contributed by atoms with Crippen LogP contribution in [0.5, 0.6) is 5.75 Å². The van der Waals surface area contributed by atoms with Gasteiger partial charge in [-0.1, -0.05) is 11.6 Å². The van der Waals surface area contributed by atoms with E-state index in [2.05, 4.69) is 0 Å². The number of aromatic nitrogens is 1. The van der Waals surface area contributed by atoms with Gasteiger partial charge in [-0.05, 0) is 32.0 Å². The molecular formula is C17H14ClN3O5. The molecule has 2 atom stereocenters. The van der Waals surface area contributed by atoms with Crippen LogP contribution in [0.25, 0.3) is 0 Å². The van der Waals surface area contributed by atoms with Gasteiger partial charge in [0, 0.05) is 17.8 Å². The molecule has 1 aromatic heterocycles. The fourth-order valence-electron chi connectivity index (χ4n) is 3.03. The summed E-state index contributed by atoms with van der Waals surface area (Å²) in [7, 11) is 0. The molecular weight excluding hydrogens is 362 g/mol. The van der Waals surface area contributed by atoms with Crippen molar-refractivity contribution in [2.75, 3.05) is 0 Å². The highest BCUT2D eigenvalue weighted by atomic mass is 35.5. The van der Waals surface area contributed by atoms with Crippen LogP contribution in [0.15, 0.2) is 35.3 Å². The molecule has 2 aromatic rings. The summed E-state index contributed by atoms with van der Waals surface area (Å²) in [6, 6.07) is 6.54. The Labute approximate surface area is 153 Å². The van der Waals surface area contributed by atoms with E-state index in [9.17, 15) is 20.0 Å². The van der Waals surface area contributed by atoms with Gasteiger partial charge < -0.3 is 9.84 Å². The van der Waals surface area contributed by atoms with Crippen LogP contribution in [0.1, 0.15) is 31.0 Å². The smallest absolute Gasteiger partial charge is 0.335 e. The lowest BCUT2D eigenvalue weighted by Crippen LogP contribution is -2.52. The molecule has 2 unspecified atom stereocenters. The molecule has 1 N–H and O–H groups in total. The van der Waals surface area contributed by atoms with Crippen molar-refractivity contribution in [3.8, 4) is 11.8 Å². The van der Waals surface area contributed by atoms with Crippen LogP contribution in [0.2, 0.25) is 5.02 Å². The van der Waals surface area contributed by atoms with E-state index in [-0.39, 0.29) is 5.02 Å². The standard InChI is InChI=1S/C17H14ClN3O5/c1-17(2)15(22)14(11-5-9(7-19)3-4-13(11)26-17)20-8-10(18)6-12(16(20)23)21(24)25/h3-6,8,14-15,22H,1-2H3. The van der Waals surface area contributed by atoms with E-state index in [1.807, 2.05) is 6.07 Å². The summed E-state index contributed by atoms with van der Waals surface area (Å²) in [5, 5.41) is 31.1. The van der Waals surface area contributed by atoms with Crippen molar-refractivity contribution in [2.24, 2.45) is 0 Å². The maximum Gasteiger partial charge on any atom is 0.335 e. The van der Waals surface area contributed by atoms with Crippen LogP contribution < -0.4 is 10.3 Å². The van der Waals surface area contributed by atoms with Crippen molar-refractivity contribution in [2.45, 2.75) is 31.6 Å². The van der Waals surface area contributed by atoms with Crippen molar-refractivity contribution in [3.63, 3.8) is 0 Å². The monoisotopic (exact) mass is 375 g/mol. The van der Waals surface area contributed by atoms with Crippen LogP contribution in [-0.2, 0) is 0 Å². The Morgan fingerprint density at radius 3 is 2.73 bits per heavy atom. The Morgan fingerprint density at radius 1 is 1.42 bits per heavy atom. The van der Waals surface area contributed by atoms with Gasteiger partial charge in [0.15, 0.2) is 0 Å². The SMILES string of the molecule is CC1(C)Oc2ccc(C#N)cc2C(n2cc(Cl)cc([N+](=O)[O-])c2=O)C1O. The van der Waals surface area contributed by atoms with Crippen molar-refractivity contribution in [1.82, 2.24) is 4.57 Å². The normalized spacial score (nSPS) is 20.6. The quantitative estimate of drug-likeness (QED) is 0.636. The van der Waals surface area contributed by atoms with Crippen LogP contribution in [0.4, 0.5) is 5.69 Å². The van der Waals surface area contributed by atoms with E-state index in [1.165, 1.54) is 12.3 Å². The van der Waals surface area contributed by atoms with E-state index in [0.29, 0.717) is 16.9 Å². The largest absolute Gasteiger partial charge is 0.485 e. The summed E-state index contributed by atoms with van der Waals surface area (Å²) >= 11 is 5.96. The number of rotatable bonds is 2. The van der Waals surface area contributed by atoms with Crippen LogP contribution in [-0.4, -0.2) is 26.3 Å². The molecule has 1 aliphatic rings. The summed E-state index contributed by atoms with van der Waals surface area (Å²) < 4.78 is 6.81. The molecule has 26 heavy (non-hydrogen) atoms. The zero-order valence-corrected chi connectivity index (χ0v) is 14.6. The number of pyridine rings is 1. The molecule has 0 amide bonds. The van der Waals surface area contributed by atoms with Gasteiger partial charge in [-0.2, -0.15) is 5.26 Å². The Morgan fingerprint density at radius 2 is 2.12 bits per heavy atom. The summed E-state index contributed by atoms with van der Waals surface area (Å²) in [6.45, 7) is 3.27. The van der Waals surface area contributed by atoms with Crippen LogP contribution >= 0.6 is 11.6 Å². The first kappa shape index (κ1) is 17.9. The average molecular weight is 376 g/mol. The first-order valence-electron chi connectivity index (χ1n) is 7.63. The molecule has 1 aromatic carbocycles. The average Bonchev–Trinajstić information content (AvgIpc) is 2.57. The van der Waals surface area contributed by atoms with E-state index in [4.69, 9.17) is 21.6 Å². The second-order valence-corrected chi connectivity index (χ2v) is 6.91. The van der Waals surface area contributed by atoms with Crippen molar-refractivity contribution >= 4 is 17.3 Å². The van der Waals surface area contributed by atoms with Gasteiger partial charge in [0.25, 0.3) is 0 Å². The predicted molar refractivity (Wildman–Crippen MR) is 92.4 cm³/mol. The third-order valence-electron chi connectivity index (χ3n) is 4.33. The third kappa shape index (κ3) is 2.81. The molecule has 134 valence electrons. The Hall–Kier alpha value is -2.89. The van der Waals surface area contributed by atoms with Gasteiger partial charge in [-0.25, -0.2) is 0 Å². The van der Waals surface area contributed by atoms with Crippen LogP contribution in [0, 0.1) is 21.4 Å². The minimum Gasteiger partial charge on any atom is -0.485 e. The first-order valence-corrected chi connectivity index (χ1v) is 8.00. The van der Waals surface area contributed by atoms with Gasteiger partial charge in [-0.3, -0.25) is 19.5 Å². The molecule has 0 saturated heterocycles. The van der Waals surface area contributed by atoms with Gasteiger partial charge in [-0.15, -0.1) is 0 Å². The molecule has 0 spiro atoms. The van der Waals surface area contributed by atoms with Crippen molar-refractivity contribution in [1.29, 1.82) is 5.26 Å². The maximum atomic E-state index is 12.6. The molecule has 1 aliphatic heterocycles. The van der Waals surface area contributed by atoms with Gasteiger partial charge in [0.05, 0.1) is 27.6 Å². The molecule has 0 aliphatic carbocycles. The number of aliphatic hydroxyl groups is 1. The number of hydrogen-bond donors (Lipinski definition) is 1. The van der Waals surface area contributed by atoms with Crippen LogP contribution in [0.3, 0.4) is 0 Å². The predicted octanol–water partition coefficient (Wildman–Crippen LogP) is 2.40. The highest BCUT2D eigenvalue weighted by molar-refractivity contribution is 6.30. The summed E-state index contributed by atoms with van der Waals surface area (Å²) in [6.07, 6.45) is 0.00867. The molecule has 9 heteroatoms. The molecule has 0 fully saturated rings. The molecule has 8 nitrogen and oxygen atoms in total. The lowest BCUT2D eigenvalue weighted by molar-refractivity contribution is -0.386. The van der Waals surface area contributed by atoms with E-state index >= 15 is 0 Å². The molecule has 0 radical (unpaired) electrons. The van der Waals surface area contributed by atoms with E-state index in [1.54, 1.807) is 26.0 Å². The molecule has 0 bridgehead atoms. The number of nitro groups is 1. The van der Waals surface area contributed by atoms with Gasteiger partial charge >= 0.3 is 11.2 Å². The zero-order valence-electron chi connectivity index (χ0n) is 13.8. The van der Waals surface area contributed by atoms with E-state index < -0.39 is 33.9 Å². The number of ether oxygens (including phenoxy) is 1. The Kier molecular flexibility index (Phi) is 4.22. The molecule has 0 saturated carbocycles. The maximum absolute atomic E-state index is 12.6. The number of nitrogens with zero attached hydrogens (tertiary/aromatic N) is 3. The topological polar surface area (TPSA) is 118 Å². The minimum atomic E-state index is -1.22. The third-order valence-corrected chi connectivity index (χ3v) is 4.54. The lowest BCUT2D eigenvalue weighted by atomic mass is 9.85. The Bertz CT molecular complexity index is 1010. The molecule has 3 rings (SSSR count).